The number of anilines is 1. The average molecular weight is 318 g/mol. The van der Waals surface area contributed by atoms with Crippen molar-refractivity contribution in [3.8, 4) is 0 Å². The molecule has 3 aliphatic heterocycles. The van der Waals surface area contributed by atoms with E-state index in [-0.39, 0.29) is 5.60 Å². The zero-order chi connectivity index (χ0) is 15.5. The van der Waals surface area contributed by atoms with Crippen LogP contribution in [-0.4, -0.2) is 66.0 Å². The lowest BCUT2D eigenvalue weighted by molar-refractivity contribution is -0.193. The van der Waals surface area contributed by atoms with E-state index in [4.69, 9.17) is 9.47 Å². The summed E-state index contributed by atoms with van der Waals surface area (Å²) in [6.45, 7) is 5.80. The van der Waals surface area contributed by atoms with E-state index >= 15 is 0 Å². The minimum absolute atomic E-state index is 0.137. The highest BCUT2D eigenvalue weighted by atomic mass is 16.5. The van der Waals surface area contributed by atoms with Crippen molar-refractivity contribution in [3.05, 3.63) is 18.5 Å². The lowest BCUT2D eigenvalue weighted by atomic mass is 9.81. The fourth-order valence-corrected chi connectivity index (χ4v) is 3.96. The molecule has 0 saturated carbocycles. The van der Waals surface area contributed by atoms with E-state index in [0.717, 1.165) is 39.5 Å². The fraction of sp³-hybridized carbons (Fsp3) is 0.765. The third kappa shape index (κ3) is 3.49. The van der Waals surface area contributed by atoms with Gasteiger partial charge >= 0.3 is 0 Å². The van der Waals surface area contributed by atoms with E-state index in [1.54, 1.807) is 12.4 Å². The molecule has 3 saturated heterocycles. The van der Waals surface area contributed by atoms with Gasteiger partial charge < -0.3 is 14.8 Å². The minimum Gasteiger partial charge on any atom is -0.381 e. The summed E-state index contributed by atoms with van der Waals surface area (Å²) in [7, 11) is 0. The second-order valence-electron chi connectivity index (χ2n) is 7.10. The van der Waals surface area contributed by atoms with Gasteiger partial charge in [-0.3, -0.25) is 4.90 Å². The summed E-state index contributed by atoms with van der Waals surface area (Å²) in [4.78, 5) is 11.0. The number of ether oxygens (including phenoxy) is 2. The van der Waals surface area contributed by atoms with Gasteiger partial charge in [-0.1, -0.05) is 0 Å². The molecule has 3 aliphatic rings. The third-order valence-corrected chi connectivity index (χ3v) is 5.44. The van der Waals surface area contributed by atoms with Gasteiger partial charge in [-0.2, -0.15) is 0 Å². The molecule has 6 heteroatoms. The maximum Gasteiger partial charge on any atom is 0.222 e. The van der Waals surface area contributed by atoms with Crippen LogP contribution >= 0.6 is 0 Å². The van der Waals surface area contributed by atoms with Crippen molar-refractivity contribution >= 4 is 5.95 Å². The maximum atomic E-state index is 6.27. The van der Waals surface area contributed by atoms with Gasteiger partial charge in [0.2, 0.25) is 5.95 Å². The van der Waals surface area contributed by atoms with Crippen LogP contribution in [0.1, 0.15) is 25.7 Å². The summed E-state index contributed by atoms with van der Waals surface area (Å²) in [5.74, 6) is 1.27. The van der Waals surface area contributed by atoms with Gasteiger partial charge in [0.05, 0.1) is 12.2 Å². The molecule has 4 heterocycles. The van der Waals surface area contributed by atoms with Crippen LogP contribution in [0.4, 0.5) is 5.95 Å². The predicted octanol–water partition coefficient (Wildman–Crippen LogP) is 1.55. The van der Waals surface area contributed by atoms with Gasteiger partial charge in [0.25, 0.3) is 0 Å². The Morgan fingerprint density at radius 1 is 1.17 bits per heavy atom. The van der Waals surface area contributed by atoms with Crippen LogP contribution in [0.5, 0.6) is 0 Å². The molecule has 1 atom stereocenters. The Bertz CT molecular complexity index is 491. The number of likely N-dealkylation sites (tertiary alicyclic amines) is 1. The van der Waals surface area contributed by atoms with Crippen LogP contribution in [0.3, 0.4) is 0 Å². The molecule has 0 aromatic carbocycles. The number of hydrogen-bond donors (Lipinski definition) is 1. The van der Waals surface area contributed by atoms with Gasteiger partial charge in [-0.25, -0.2) is 9.97 Å². The van der Waals surface area contributed by atoms with Gasteiger partial charge in [0.15, 0.2) is 0 Å². The van der Waals surface area contributed by atoms with Gasteiger partial charge in [0.1, 0.15) is 0 Å². The van der Waals surface area contributed by atoms with Gasteiger partial charge in [-0.05, 0) is 37.7 Å². The molecule has 1 aromatic rings. The zero-order valence-corrected chi connectivity index (χ0v) is 13.6. The van der Waals surface area contributed by atoms with Crippen LogP contribution in [0.2, 0.25) is 0 Å². The lowest BCUT2D eigenvalue weighted by Gasteiger charge is -2.55. The molecule has 4 rings (SSSR count). The topological polar surface area (TPSA) is 59.5 Å². The molecular weight excluding hydrogens is 292 g/mol. The first-order valence-electron chi connectivity index (χ1n) is 8.80. The predicted molar refractivity (Wildman–Crippen MR) is 87.3 cm³/mol. The maximum absolute atomic E-state index is 6.27. The number of nitrogens with one attached hydrogen (secondary N) is 1. The first kappa shape index (κ1) is 15.3. The second kappa shape index (κ2) is 6.71. The molecule has 3 fully saturated rings. The van der Waals surface area contributed by atoms with Crippen LogP contribution in [0.25, 0.3) is 0 Å². The molecule has 23 heavy (non-hydrogen) atoms. The molecule has 6 nitrogen and oxygen atoms in total. The average Bonchev–Trinajstić information content (AvgIpc) is 2.60. The summed E-state index contributed by atoms with van der Waals surface area (Å²) in [5.41, 5.74) is 0.137. The van der Waals surface area contributed by atoms with Crippen molar-refractivity contribution in [1.82, 2.24) is 14.9 Å². The highest BCUT2D eigenvalue weighted by Gasteiger charge is 2.48. The van der Waals surface area contributed by atoms with E-state index in [1.807, 2.05) is 6.07 Å². The summed E-state index contributed by atoms with van der Waals surface area (Å²) in [5, 5.41) is 3.31. The molecule has 1 spiro atoms. The molecule has 1 aromatic heterocycles. The highest BCUT2D eigenvalue weighted by Crippen LogP contribution is 2.38. The lowest BCUT2D eigenvalue weighted by Crippen LogP contribution is -2.67. The Hall–Kier alpha value is -1.24. The van der Waals surface area contributed by atoms with Crippen molar-refractivity contribution in [2.45, 2.75) is 37.3 Å². The molecular formula is C17H26N4O2. The van der Waals surface area contributed by atoms with Crippen molar-refractivity contribution in [2.24, 2.45) is 5.92 Å². The van der Waals surface area contributed by atoms with Crippen molar-refractivity contribution in [3.63, 3.8) is 0 Å². The van der Waals surface area contributed by atoms with Crippen LogP contribution < -0.4 is 5.32 Å². The Morgan fingerprint density at radius 3 is 2.65 bits per heavy atom. The van der Waals surface area contributed by atoms with Crippen LogP contribution in [0, 0.1) is 5.92 Å². The molecule has 0 amide bonds. The van der Waals surface area contributed by atoms with Crippen molar-refractivity contribution < 1.29 is 9.47 Å². The van der Waals surface area contributed by atoms with Crippen molar-refractivity contribution in [1.29, 1.82) is 0 Å². The van der Waals surface area contributed by atoms with E-state index in [1.165, 1.54) is 25.7 Å². The second-order valence-corrected chi connectivity index (χ2v) is 7.10. The first-order valence-corrected chi connectivity index (χ1v) is 8.80. The van der Waals surface area contributed by atoms with E-state index in [2.05, 4.69) is 20.2 Å². The first-order chi connectivity index (χ1) is 11.3. The monoisotopic (exact) mass is 318 g/mol. The summed E-state index contributed by atoms with van der Waals surface area (Å²) in [6.07, 6.45) is 8.29. The standard InChI is InChI=1S/C17H26N4O2/c1-6-18-16(19-7-1)20-10-14-2-5-17(23-11-14)12-21(13-17)15-3-8-22-9-4-15/h1,6-7,14-15H,2-5,8-13H2,(H,18,19,20)/t14-/m0/s1. The van der Waals surface area contributed by atoms with E-state index < -0.39 is 0 Å². The number of nitrogens with zero attached hydrogens (tertiary/aromatic N) is 3. The minimum atomic E-state index is 0.137. The molecule has 0 radical (unpaired) electrons. The van der Waals surface area contributed by atoms with Crippen molar-refractivity contribution in [2.75, 3.05) is 44.8 Å². The van der Waals surface area contributed by atoms with Crippen LogP contribution in [-0.2, 0) is 9.47 Å². The SMILES string of the molecule is c1cnc(NC[C@@H]2CCC3(CN(C4CCOCC4)C3)OC2)nc1. The smallest absolute Gasteiger partial charge is 0.222 e. The zero-order valence-electron chi connectivity index (χ0n) is 13.6. The van der Waals surface area contributed by atoms with Gasteiger partial charge in [-0.15, -0.1) is 0 Å². The number of aromatic nitrogens is 2. The normalized spacial score (nSPS) is 28.4. The quantitative estimate of drug-likeness (QED) is 0.909. The van der Waals surface area contributed by atoms with Gasteiger partial charge in [0, 0.05) is 51.3 Å². The largest absolute Gasteiger partial charge is 0.381 e. The molecule has 0 aliphatic carbocycles. The van der Waals surface area contributed by atoms with E-state index in [9.17, 15) is 0 Å². The Balaban J connectivity index is 1.20. The molecule has 1 N–H and O–H groups in total. The molecule has 0 bridgehead atoms. The van der Waals surface area contributed by atoms with Crippen LogP contribution in [0.15, 0.2) is 18.5 Å². The summed E-state index contributed by atoms with van der Waals surface area (Å²) in [6, 6.07) is 2.55. The summed E-state index contributed by atoms with van der Waals surface area (Å²) >= 11 is 0. The fourth-order valence-electron chi connectivity index (χ4n) is 3.96. The molecule has 126 valence electrons. The van der Waals surface area contributed by atoms with E-state index in [0.29, 0.717) is 17.9 Å². The summed E-state index contributed by atoms with van der Waals surface area (Å²) < 4.78 is 11.7. The third-order valence-electron chi connectivity index (χ3n) is 5.44. The Labute approximate surface area is 137 Å². The Morgan fingerprint density at radius 2 is 1.96 bits per heavy atom. The number of rotatable bonds is 4. The highest BCUT2D eigenvalue weighted by molar-refractivity contribution is 5.22. The molecule has 0 unspecified atom stereocenters. The number of hydrogen-bond acceptors (Lipinski definition) is 6. The Kier molecular flexibility index (Phi) is 4.46.